The van der Waals surface area contributed by atoms with Crippen molar-refractivity contribution in [2.24, 2.45) is 0 Å². The minimum absolute atomic E-state index is 0.0764. The smallest absolute Gasteiger partial charge is 0.264 e. The van der Waals surface area contributed by atoms with E-state index in [1.807, 2.05) is 0 Å². The van der Waals surface area contributed by atoms with Crippen LogP contribution in [0.4, 0.5) is 14.5 Å². The Morgan fingerprint density at radius 1 is 1.13 bits per heavy atom. The van der Waals surface area contributed by atoms with Gasteiger partial charge in [-0.3, -0.25) is 29.1 Å². The number of hydrogen-bond donors (Lipinski definition) is 2. The molecule has 1 saturated heterocycles. The zero-order valence-electron chi connectivity index (χ0n) is 19.8. The first kappa shape index (κ1) is 24.7. The van der Waals surface area contributed by atoms with E-state index in [9.17, 15) is 28.0 Å². The normalized spacial score (nSPS) is 15.3. The summed E-state index contributed by atoms with van der Waals surface area (Å²) < 4.78 is 33.7. The number of halogens is 2. The fraction of sp³-hybridized carbons (Fsp3) is 0.154. The number of fused-ring (bicyclic) bond motifs is 1. The molecule has 38 heavy (non-hydrogen) atoms. The molecule has 2 aromatic heterocycles. The molecule has 12 heteroatoms. The Balaban J connectivity index is 1.47. The van der Waals surface area contributed by atoms with Gasteiger partial charge in [0.1, 0.15) is 17.7 Å². The standard InChI is InChI=1S/C26H19F2N5O5/c1-13-30-17-3-2-4-18(23(17)26(37)33(13)19-6-8-21(34)32-25(19)36)31-24(35)14-9-10-29-22(11-14)38-20-7-5-15(27)12-16(20)28/h2-5,7,9-12,19H,6,8H2,1H3,(H,31,35)(H,32,34,36). The predicted octanol–water partition coefficient (Wildman–Crippen LogP) is 3.40. The number of amides is 3. The Labute approximate surface area is 213 Å². The topological polar surface area (TPSA) is 132 Å². The van der Waals surface area contributed by atoms with Crippen molar-refractivity contribution in [2.75, 3.05) is 5.32 Å². The van der Waals surface area contributed by atoms with E-state index < -0.39 is 41.0 Å². The van der Waals surface area contributed by atoms with Crippen molar-refractivity contribution in [1.82, 2.24) is 19.9 Å². The van der Waals surface area contributed by atoms with Gasteiger partial charge >= 0.3 is 0 Å². The molecule has 3 amide bonds. The molecule has 1 fully saturated rings. The number of imide groups is 1. The molecule has 1 aliphatic rings. The second-order valence-electron chi connectivity index (χ2n) is 8.51. The summed E-state index contributed by atoms with van der Waals surface area (Å²) in [6.07, 6.45) is 1.49. The average Bonchev–Trinajstić information content (AvgIpc) is 2.87. The van der Waals surface area contributed by atoms with Crippen molar-refractivity contribution in [2.45, 2.75) is 25.8 Å². The van der Waals surface area contributed by atoms with Crippen LogP contribution in [-0.2, 0) is 9.59 Å². The summed E-state index contributed by atoms with van der Waals surface area (Å²) in [6, 6.07) is 9.22. The number of ether oxygens (including phenoxy) is 1. The molecule has 4 aromatic rings. The van der Waals surface area contributed by atoms with E-state index in [-0.39, 0.29) is 46.9 Å². The van der Waals surface area contributed by atoms with E-state index in [2.05, 4.69) is 20.6 Å². The number of hydrogen-bond acceptors (Lipinski definition) is 7. The molecule has 0 radical (unpaired) electrons. The highest BCUT2D eigenvalue weighted by atomic mass is 19.1. The highest BCUT2D eigenvalue weighted by molar-refractivity contribution is 6.08. The van der Waals surface area contributed by atoms with Gasteiger partial charge in [-0.1, -0.05) is 6.07 Å². The Morgan fingerprint density at radius 2 is 1.95 bits per heavy atom. The van der Waals surface area contributed by atoms with Crippen LogP contribution in [-0.4, -0.2) is 32.3 Å². The summed E-state index contributed by atoms with van der Waals surface area (Å²) in [7, 11) is 0. The van der Waals surface area contributed by atoms with Gasteiger partial charge in [0, 0.05) is 30.3 Å². The summed E-state index contributed by atoms with van der Waals surface area (Å²) in [5.41, 5.74) is -0.0159. The van der Waals surface area contributed by atoms with Crippen molar-refractivity contribution >= 4 is 34.3 Å². The maximum atomic E-state index is 14.0. The van der Waals surface area contributed by atoms with Crippen molar-refractivity contribution < 1.29 is 27.9 Å². The number of nitrogens with one attached hydrogen (secondary N) is 2. The Bertz CT molecular complexity index is 1690. The molecule has 192 valence electrons. The number of nitrogens with zero attached hydrogens (tertiary/aromatic N) is 3. The monoisotopic (exact) mass is 519 g/mol. The molecule has 2 N–H and O–H groups in total. The van der Waals surface area contributed by atoms with E-state index in [4.69, 9.17) is 4.74 Å². The molecule has 2 aromatic carbocycles. The first-order chi connectivity index (χ1) is 18.2. The highest BCUT2D eigenvalue weighted by Crippen LogP contribution is 2.26. The third-order valence-corrected chi connectivity index (χ3v) is 5.98. The number of aromatic nitrogens is 3. The van der Waals surface area contributed by atoms with Gasteiger partial charge in [-0.2, -0.15) is 0 Å². The maximum Gasteiger partial charge on any atom is 0.264 e. The highest BCUT2D eigenvalue weighted by Gasteiger charge is 2.31. The number of pyridine rings is 1. The van der Waals surface area contributed by atoms with Crippen molar-refractivity contribution in [3.63, 3.8) is 0 Å². The fourth-order valence-corrected chi connectivity index (χ4v) is 4.22. The molecule has 10 nitrogen and oxygen atoms in total. The molecular weight excluding hydrogens is 500 g/mol. The van der Waals surface area contributed by atoms with Crippen LogP contribution in [0.1, 0.15) is 35.1 Å². The lowest BCUT2D eigenvalue weighted by molar-refractivity contribution is -0.135. The number of benzene rings is 2. The van der Waals surface area contributed by atoms with Gasteiger partial charge < -0.3 is 10.1 Å². The molecule has 1 atom stereocenters. The second-order valence-corrected chi connectivity index (χ2v) is 8.51. The summed E-state index contributed by atoms with van der Waals surface area (Å²) in [4.78, 5) is 59.0. The van der Waals surface area contributed by atoms with Gasteiger partial charge in [0.2, 0.25) is 17.7 Å². The van der Waals surface area contributed by atoms with Gasteiger partial charge in [0.15, 0.2) is 11.6 Å². The van der Waals surface area contributed by atoms with Crippen LogP contribution in [0.3, 0.4) is 0 Å². The maximum absolute atomic E-state index is 14.0. The van der Waals surface area contributed by atoms with Crippen LogP contribution in [0.2, 0.25) is 0 Å². The van der Waals surface area contributed by atoms with Crippen LogP contribution in [0, 0.1) is 18.6 Å². The molecule has 0 spiro atoms. The number of aryl methyl sites for hydroxylation is 1. The molecule has 0 saturated carbocycles. The Morgan fingerprint density at radius 3 is 2.71 bits per heavy atom. The first-order valence-electron chi connectivity index (χ1n) is 11.5. The fourth-order valence-electron chi connectivity index (χ4n) is 4.22. The number of carbonyl (C=O) groups is 3. The zero-order chi connectivity index (χ0) is 27.0. The number of rotatable bonds is 5. The lowest BCUT2D eigenvalue weighted by Gasteiger charge is -2.24. The van der Waals surface area contributed by atoms with E-state index in [1.54, 1.807) is 19.1 Å². The summed E-state index contributed by atoms with van der Waals surface area (Å²) >= 11 is 0. The van der Waals surface area contributed by atoms with E-state index >= 15 is 0 Å². The molecular formula is C26H19F2N5O5. The van der Waals surface area contributed by atoms with Crippen LogP contribution in [0.15, 0.2) is 59.5 Å². The first-order valence-corrected chi connectivity index (χ1v) is 11.5. The van der Waals surface area contributed by atoms with E-state index in [0.29, 0.717) is 11.6 Å². The lowest BCUT2D eigenvalue weighted by Crippen LogP contribution is -2.45. The Kier molecular flexibility index (Phi) is 6.37. The molecule has 1 unspecified atom stereocenters. The van der Waals surface area contributed by atoms with Gasteiger partial charge in [-0.15, -0.1) is 0 Å². The quantitative estimate of drug-likeness (QED) is 0.386. The average molecular weight is 519 g/mol. The van der Waals surface area contributed by atoms with E-state index in [1.165, 1.54) is 29.0 Å². The van der Waals surface area contributed by atoms with Crippen molar-refractivity contribution in [3.8, 4) is 11.6 Å². The lowest BCUT2D eigenvalue weighted by atomic mass is 10.1. The largest absolute Gasteiger partial charge is 0.436 e. The number of carbonyl (C=O) groups excluding carboxylic acids is 3. The van der Waals surface area contributed by atoms with Crippen LogP contribution >= 0.6 is 0 Å². The van der Waals surface area contributed by atoms with E-state index in [0.717, 1.165) is 12.1 Å². The summed E-state index contributed by atoms with van der Waals surface area (Å²) in [5.74, 6) is -3.46. The number of piperidine rings is 1. The SMILES string of the molecule is Cc1nc2cccc(NC(=O)c3ccnc(Oc4ccc(F)cc4F)c3)c2c(=O)n1C1CCC(=O)NC1=O. The molecule has 0 bridgehead atoms. The molecule has 3 heterocycles. The number of anilines is 1. The van der Waals surface area contributed by atoms with Crippen LogP contribution in [0.5, 0.6) is 11.6 Å². The van der Waals surface area contributed by atoms with Crippen molar-refractivity contribution in [1.29, 1.82) is 0 Å². The third kappa shape index (κ3) is 4.71. The molecule has 0 aliphatic carbocycles. The van der Waals surface area contributed by atoms with Crippen LogP contribution < -0.4 is 20.9 Å². The third-order valence-electron chi connectivity index (χ3n) is 5.98. The summed E-state index contributed by atoms with van der Waals surface area (Å²) in [5, 5.41) is 4.98. The van der Waals surface area contributed by atoms with Gasteiger partial charge in [0.05, 0.1) is 16.6 Å². The summed E-state index contributed by atoms with van der Waals surface area (Å²) in [6.45, 7) is 1.58. The minimum Gasteiger partial charge on any atom is -0.436 e. The molecule has 1 aliphatic heterocycles. The Hall–Kier alpha value is -5.00. The second kappa shape index (κ2) is 9.81. The zero-order valence-corrected chi connectivity index (χ0v) is 19.8. The molecule has 5 rings (SSSR count). The van der Waals surface area contributed by atoms with Crippen LogP contribution in [0.25, 0.3) is 10.9 Å². The minimum atomic E-state index is -0.938. The van der Waals surface area contributed by atoms with Gasteiger partial charge in [0.25, 0.3) is 11.5 Å². The van der Waals surface area contributed by atoms with Gasteiger partial charge in [-0.05, 0) is 43.7 Å². The van der Waals surface area contributed by atoms with Crippen molar-refractivity contribution in [3.05, 3.63) is 88.1 Å². The van der Waals surface area contributed by atoms with Gasteiger partial charge in [-0.25, -0.2) is 18.7 Å². The predicted molar refractivity (Wildman–Crippen MR) is 131 cm³/mol.